The third-order valence-electron chi connectivity index (χ3n) is 7.69. The second-order valence-corrected chi connectivity index (χ2v) is 14.5. The molecule has 2 aromatic rings. The van der Waals surface area contributed by atoms with Crippen LogP contribution >= 0.6 is 11.6 Å². The van der Waals surface area contributed by atoms with E-state index in [-0.39, 0.29) is 30.4 Å². The van der Waals surface area contributed by atoms with E-state index >= 15 is 0 Å². The van der Waals surface area contributed by atoms with Gasteiger partial charge in [-0.15, -0.1) is 6.58 Å². The minimum atomic E-state index is -3.85. The van der Waals surface area contributed by atoms with Gasteiger partial charge in [-0.05, 0) is 69.7 Å². The Morgan fingerprint density at radius 2 is 1.93 bits per heavy atom. The van der Waals surface area contributed by atoms with Crippen LogP contribution in [-0.4, -0.2) is 78.4 Å². The van der Waals surface area contributed by atoms with Crippen molar-refractivity contribution in [2.45, 2.75) is 75.0 Å². The van der Waals surface area contributed by atoms with Crippen LogP contribution < -0.4 is 19.5 Å². The number of halogens is 1. The molecular formula is C29H35ClN4O8S. The van der Waals surface area contributed by atoms with Gasteiger partial charge in [0, 0.05) is 17.7 Å². The maximum atomic E-state index is 13.8. The Balaban J connectivity index is 1.39. The number of nitrogens with one attached hydrogen (secondary N) is 2. The van der Waals surface area contributed by atoms with Crippen molar-refractivity contribution in [3.05, 3.63) is 42.1 Å². The number of rotatable bonds is 9. The summed E-state index contributed by atoms with van der Waals surface area (Å²) >= 11 is 6.27. The summed E-state index contributed by atoms with van der Waals surface area (Å²) in [5, 5.41) is 3.69. The van der Waals surface area contributed by atoms with Crippen LogP contribution in [0.15, 0.2) is 36.9 Å². The van der Waals surface area contributed by atoms with E-state index in [1.807, 2.05) is 0 Å². The lowest BCUT2D eigenvalue weighted by atomic mass is 10.1. The summed E-state index contributed by atoms with van der Waals surface area (Å²) in [6.07, 6.45) is 1.26. The predicted molar refractivity (Wildman–Crippen MR) is 158 cm³/mol. The maximum absolute atomic E-state index is 13.8. The van der Waals surface area contributed by atoms with E-state index in [4.69, 9.17) is 25.8 Å². The van der Waals surface area contributed by atoms with Gasteiger partial charge in [-0.2, -0.15) is 0 Å². The van der Waals surface area contributed by atoms with Crippen molar-refractivity contribution < 1.29 is 37.0 Å². The van der Waals surface area contributed by atoms with Crippen molar-refractivity contribution in [1.29, 1.82) is 0 Å². The van der Waals surface area contributed by atoms with E-state index in [9.17, 15) is 22.8 Å². The third kappa shape index (κ3) is 6.52. The minimum absolute atomic E-state index is 0.0149. The molecular weight excluding hydrogens is 600 g/mol. The first-order valence-electron chi connectivity index (χ1n) is 14.0. The molecule has 4 atom stereocenters. The highest BCUT2D eigenvalue weighted by atomic mass is 35.5. The van der Waals surface area contributed by atoms with Gasteiger partial charge in [0.25, 0.3) is 5.91 Å². The van der Waals surface area contributed by atoms with Crippen molar-refractivity contribution in [2.75, 3.05) is 13.7 Å². The second-order valence-electron chi connectivity index (χ2n) is 12.1. The average Bonchev–Trinajstić information content (AvgIpc) is 3.84. The second kappa shape index (κ2) is 11.2. The molecule has 4 unspecified atom stereocenters. The number of hydrogen-bond donors (Lipinski definition) is 2. The molecule has 1 saturated heterocycles. The molecule has 1 aliphatic heterocycles. The molecule has 0 spiro atoms. The predicted octanol–water partition coefficient (Wildman–Crippen LogP) is 3.32. The summed E-state index contributed by atoms with van der Waals surface area (Å²) in [6.45, 7) is 8.83. The van der Waals surface area contributed by atoms with Gasteiger partial charge in [-0.1, -0.05) is 17.7 Å². The van der Waals surface area contributed by atoms with Crippen LogP contribution in [0.25, 0.3) is 10.8 Å². The number of carbonyl (C=O) groups excluding carboxylic acids is 3. The highest BCUT2D eigenvalue weighted by molar-refractivity contribution is 7.91. The minimum Gasteiger partial charge on any atom is -0.497 e. The monoisotopic (exact) mass is 634 g/mol. The van der Waals surface area contributed by atoms with Gasteiger partial charge in [-0.3, -0.25) is 19.2 Å². The Morgan fingerprint density at radius 3 is 2.53 bits per heavy atom. The van der Waals surface area contributed by atoms with Gasteiger partial charge in [0.15, 0.2) is 0 Å². The zero-order chi connectivity index (χ0) is 31.3. The molecule has 1 aromatic carbocycles. The molecule has 2 saturated carbocycles. The molecule has 232 valence electrons. The van der Waals surface area contributed by atoms with E-state index in [0.29, 0.717) is 24.0 Å². The van der Waals surface area contributed by atoms with Gasteiger partial charge < -0.3 is 19.5 Å². The largest absolute Gasteiger partial charge is 0.497 e. The zero-order valence-corrected chi connectivity index (χ0v) is 26.0. The molecule has 0 radical (unpaired) electrons. The lowest BCUT2D eigenvalue weighted by Crippen LogP contribution is -2.56. The topological polar surface area (TPSA) is 153 Å². The van der Waals surface area contributed by atoms with Crippen LogP contribution in [0.2, 0.25) is 5.15 Å². The summed E-state index contributed by atoms with van der Waals surface area (Å²) in [6, 6.07) is 5.90. The van der Waals surface area contributed by atoms with Crippen molar-refractivity contribution in [1.82, 2.24) is 19.9 Å². The number of methoxy groups -OCH3 is 1. The van der Waals surface area contributed by atoms with Gasteiger partial charge in [-0.25, -0.2) is 18.2 Å². The first-order chi connectivity index (χ1) is 20.2. The van der Waals surface area contributed by atoms with E-state index in [0.717, 1.165) is 5.39 Å². The lowest BCUT2D eigenvalue weighted by molar-refractivity contribution is -0.131. The van der Waals surface area contributed by atoms with Crippen molar-refractivity contribution >= 4 is 50.3 Å². The number of carbonyl (C=O) groups is 3. The molecule has 14 heteroatoms. The molecule has 5 rings (SSSR count). The molecule has 2 N–H and O–H groups in total. The quantitative estimate of drug-likeness (QED) is 0.312. The van der Waals surface area contributed by atoms with Gasteiger partial charge in [0.1, 0.15) is 34.2 Å². The number of benzene rings is 1. The SMILES string of the molecule is C=CC1CC1(NC(=O)C1CC(Oc2nc(Cl)cc3cc(OC)ccc23)CN1C(=O)OC(C)(C)C)C(=O)NS(=O)(=O)C1CC1. The fourth-order valence-electron chi connectivity index (χ4n) is 5.22. The number of nitrogens with zero attached hydrogens (tertiary/aromatic N) is 2. The van der Waals surface area contributed by atoms with Crippen LogP contribution in [0.4, 0.5) is 4.79 Å². The lowest BCUT2D eigenvalue weighted by Gasteiger charge is -2.29. The Morgan fingerprint density at radius 1 is 1.21 bits per heavy atom. The molecule has 3 fully saturated rings. The molecule has 12 nitrogen and oxygen atoms in total. The Hall–Kier alpha value is -3.58. The number of amides is 3. The van der Waals surface area contributed by atoms with Crippen LogP contribution in [0.3, 0.4) is 0 Å². The van der Waals surface area contributed by atoms with Gasteiger partial charge >= 0.3 is 6.09 Å². The Labute approximate surface area is 255 Å². The molecule has 2 heterocycles. The summed E-state index contributed by atoms with van der Waals surface area (Å²) in [5.74, 6) is -1.11. The van der Waals surface area contributed by atoms with E-state index < -0.39 is 62.4 Å². The van der Waals surface area contributed by atoms with Crippen molar-refractivity contribution in [2.24, 2.45) is 5.92 Å². The Kier molecular flexibility index (Phi) is 8.01. The van der Waals surface area contributed by atoms with Gasteiger partial charge in [0.2, 0.25) is 21.8 Å². The first-order valence-corrected chi connectivity index (χ1v) is 15.9. The molecule has 3 amide bonds. The normalized spacial score (nSPS) is 25.1. The highest BCUT2D eigenvalue weighted by Gasteiger charge is 2.62. The van der Waals surface area contributed by atoms with E-state index in [1.54, 1.807) is 52.1 Å². The smallest absolute Gasteiger partial charge is 0.411 e. The average molecular weight is 635 g/mol. The number of fused-ring (bicyclic) bond motifs is 1. The van der Waals surface area contributed by atoms with Crippen molar-refractivity contribution in [3.63, 3.8) is 0 Å². The number of hydrogen-bond acceptors (Lipinski definition) is 9. The van der Waals surface area contributed by atoms with Gasteiger partial charge in [0.05, 0.1) is 18.9 Å². The Bertz CT molecular complexity index is 1590. The standard InChI is InChI=1S/C29H35ClN4O8S/c1-6-17-14-29(17,26(36)33-43(38,39)20-8-9-20)32-24(35)22-13-19(15-34(22)27(37)42-28(2,3)4)41-25-21-10-7-18(40-5)11-16(21)12-23(30)31-25/h6-7,10-12,17,19-20,22H,1,8-9,13-15H2,2-5H3,(H,32,35)(H,33,36). The third-order valence-corrected chi connectivity index (χ3v) is 9.71. The summed E-state index contributed by atoms with van der Waals surface area (Å²) < 4.78 is 44.2. The zero-order valence-electron chi connectivity index (χ0n) is 24.4. The summed E-state index contributed by atoms with van der Waals surface area (Å²) in [4.78, 5) is 45.8. The molecule has 43 heavy (non-hydrogen) atoms. The fourth-order valence-corrected chi connectivity index (χ4v) is 6.78. The molecule has 3 aliphatic rings. The molecule has 0 bridgehead atoms. The molecule has 1 aromatic heterocycles. The van der Waals surface area contributed by atoms with Crippen LogP contribution in [0, 0.1) is 5.92 Å². The number of likely N-dealkylation sites (tertiary alicyclic amines) is 1. The number of aromatic nitrogens is 1. The molecule has 2 aliphatic carbocycles. The summed E-state index contributed by atoms with van der Waals surface area (Å²) in [7, 11) is -2.29. The maximum Gasteiger partial charge on any atom is 0.411 e. The van der Waals surface area contributed by atoms with E-state index in [1.165, 1.54) is 11.0 Å². The summed E-state index contributed by atoms with van der Waals surface area (Å²) in [5.41, 5.74) is -2.34. The number of ether oxygens (including phenoxy) is 3. The van der Waals surface area contributed by atoms with E-state index in [2.05, 4.69) is 21.6 Å². The number of sulfonamides is 1. The highest BCUT2D eigenvalue weighted by Crippen LogP contribution is 2.45. The van der Waals surface area contributed by atoms with Crippen LogP contribution in [0.1, 0.15) is 46.5 Å². The fraction of sp³-hybridized carbons (Fsp3) is 0.517. The van der Waals surface area contributed by atoms with Crippen LogP contribution in [-0.2, 0) is 24.3 Å². The van der Waals surface area contributed by atoms with Crippen LogP contribution in [0.5, 0.6) is 11.6 Å². The van der Waals surface area contributed by atoms with Crippen molar-refractivity contribution in [3.8, 4) is 11.6 Å². The first kappa shape index (κ1) is 30.9. The number of pyridine rings is 1.